The van der Waals surface area contributed by atoms with E-state index in [2.05, 4.69) is 38.2 Å². The number of benzene rings is 1. The Balaban J connectivity index is 2.62. The van der Waals surface area contributed by atoms with Gasteiger partial charge in [0.05, 0.1) is 5.92 Å². The summed E-state index contributed by atoms with van der Waals surface area (Å²) in [6.45, 7) is 8.89. The first kappa shape index (κ1) is 14.6. The standard InChI is InChI=1S/C15H23NO2/c1-5-11(14(17)18)10-16-13-8-6-12(7-9-13)15(2,3)4/h6-9,11,16H,5,10H2,1-4H3,(H,17,18). The molecule has 3 heteroatoms. The molecule has 2 N–H and O–H groups in total. The number of aliphatic carboxylic acids is 1. The van der Waals surface area contributed by atoms with Gasteiger partial charge < -0.3 is 10.4 Å². The number of nitrogens with one attached hydrogen (secondary N) is 1. The van der Waals surface area contributed by atoms with Crippen LogP contribution in [0.2, 0.25) is 0 Å². The number of hydrogen-bond acceptors (Lipinski definition) is 2. The molecule has 18 heavy (non-hydrogen) atoms. The fourth-order valence-electron chi connectivity index (χ4n) is 1.74. The molecule has 1 aromatic rings. The van der Waals surface area contributed by atoms with E-state index >= 15 is 0 Å². The molecule has 0 bridgehead atoms. The molecule has 0 fully saturated rings. The second-order valence-corrected chi connectivity index (χ2v) is 5.65. The molecule has 1 rings (SSSR count). The summed E-state index contributed by atoms with van der Waals surface area (Å²) in [6, 6.07) is 8.19. The highest BCUT2D eigenvalue weighted by atomic mass is 16.4. The highest BCUT2D eigenvalue weighted by Crippen LogP contribution is 2.23. The first-order valence-electron chi connectivity index (χ1n) is 6.41. The molecule has 0 saturated carbocycles. The zero-order chi connectivity index (χ0) is 13.8. The Morgan fingerprint density at radius 2 is 1.83 bits per heavy atom. The second kappa shape index (κ2) is 5.89. The number of anilines is 1. The summed E-state index contributed by atoms with van der Waals surface area (Å²) in [5.74, 6) is -1.07. The van der Waals surface area contributed by atoms with E-state index < -0.39 is 5.97 Å². The molecule has 0 aliphatic carbocycles. The number of rotatable bonds is 5. The van der Waals surface area contributed by atoms with Gasteiger partial charge in [0.15, 0.2) is 0 Å². The normalized spacial score (nSPS) is 13.1. The molecule has 100 valence electrons. The lowest BCUT2D eigenvalue weighted by atomic mass is 9.87. The van der Waals surface area contributed by atoms with Gasteiger partial charge in [0, 0.05) is 12.2 Å². The van der Waals surface area contributed by atoms with Crippen molar-refractivity contribution >= 4 is 11.7 Å². The fraction of sp³-hybridized carbons (Fsp3) is 0.533. The van der Waals surface area contributed by atoms with Crippen LogP contribution in [0.15, 0.2) is 24.3 Å². The monoisotopic (exact) mass is 249 g/mol. The van der Waals surface area contributed by atoms with Crippen molar-refractivity contribution in [3.05, 3.63) is 29.8 Å². The van der Waals surface area contributed by atoms with Crippen LogP contribution in [-0.2, 0) is 10.2 Å². The quantitative estimate of drug-likeness (QED) is 0.839. The van der Waals surface area contributed by atoms with Crippen LogP contribution in [-0.4, -0.2) is 17.6 Å². The minimum atomic E-state index is -0.740. The molecule has 0 heterocycles. The van der Waals surface area contributed by atoms with Gasteiger partial charge in [0.25, 0.3) is 0 Å². The molecule has 0 spiro atoms. The third kappa shape index (κ3) is 4.06. The summed E-state index contributed by atoms with van der Waals surface area (Å²) in [5, 5.41) is 12.1. The molecule has 1 unspecified atom stereocenters. The maximum absolute atomic E-state index is 10.9. The van der Waals surface area contributed by atoms with E-state index in [9.17, 15) is 4.79 Å². The van der Waals surface area contributed by atoms with Gasteiger partial charge >= 0.3 is 5.97 Å². The van der Waals surface area contributed by atoms with Crippen LogP contribution in [0.3, 0.4) is 0 Å². The molecule has 3 nitrogen and oxygen atoms in total. The summed E-state index contributed by atoms with van der Waals surface area (Å²) in [7, 11) is 0. The number of hydrogen-bond donors (Lipinski definition) is 2. The zero-order valence-corrected chi connectivity index (χ0v) is 11.7. The predicted molar refractivity (Wildman–Crippen MR) is 75.0 cm³/mol. The van der Waals surface area contributed by atoms with Crippen molar-refractivity contribution in [1.29, 1.82) is 0 Å². The minimum absolute atomic E-state index is 0.144. The van der Waals surface area contributed by atoms with E-state index in [1.807, 2.05) is 19.1 Å². The van der Waals surface area contributed by atoms with Crippen molar-refractivity contribution < 1.29 is 9.90 Å². The van der Waals surface area contributed by atoms with Gasteiger partial charge in [-0.3, -0.25) is 4.79 Å². The fourth-order valence-corrected chi connectivity index (χ4v) is 1.74. The van der Waals surface area contributed by atoms with Crippen LogP contribution in [0.25, 0.3) is 0 Å². The first-order valence-corrected chi connectivity index (χ1v) is 6.41. The lowest BCUT2D eigenvalue weighted by Crippen LogP contribution is -2.22. The molecule has 1 aromatic carbocycles. The molecular weight excluding hydrogens is 226 g/mol. The molecule has 1 atom stereocenters. The van der Waals surface area contributed by atoms with Gasteiger partial charge in [-0.2, -0.15) is 0 Å². The average Bonchev–Trinajstić information content (AvgIpc) is 2.29. The van der Waals surface area contributed by atoms with Crippen molar-refractivity contribution in [2.24, 2.45) is 5.92 Å². The summed E-state index contributed by atoms with van der Waals surface area (Å²) in [5.41, 5.74) is 2.40. The van der Waals surface area contributed by atoms with Crippen molar-refractivity contribution in [2.45, 2.75) is 39.5 Å². The Hall–Kier alpha value is -1.51. The van der Waals surface area contributed by atoms with Crippen LogP contribution in [0.5, 0.6) is 0 Å². The predicted octanol–water partition coefficient (Wildman–Crippen LogP) is 3.51. The molecular formula is C15H23NO2. The Morgan fingerprint density at radius 1 is 1.28 bits per heavy atom. The van der Waals surface area contributed by atoms with Gasteiger partial charge in [-0.25, -0.2) is 0 Å². The lowest BCUT2D eigenvalue weighted by molar-refractivity contribution is -0.141. The Bertz CT molecular complexity index is 390. The van der Waals surface area contributed by atoms with Gasteiger partial charge in [-0.05, 0) is 29.5 Å². The van der Waals surface area contributed by atoms with Gasteiger partial charge in [-0.15, -0.1) is 0 Å². The van der Waals surface area contributed by atoms with E-state index in [0.717, 1.165) is 5.69 Å². The van der Waals surface area contributed by atoms with E-state index in [4.69, 9.17) is 5.11 Å². The largest absolute Gasteiger partial charge is 0.481 e. The summed E-state index contributed by atoms with van der Waals surface area (Å²) >= 11 is 0. The molecule has 0 radical (unpaired) electrons. The van der Waals surface area contributed by atoms with Gasteiger partial charge in [0.2, 0.25) is 0 Å². The maximum Gasteiger partial charge on any atom is 0.308 e. The third-order valence-corrected chi connectivity index (χ3v) is 3.15. The highest BCUT2D eigenvalue weighted by molar-refractivity contribution is 5.70. The molecule has 0 aliphatic rings. The van der Waals surface area contributed by atoms with Gasteiger partial charge in [0.1, 0.15) is 0 Å². The summed E-state index contributed by atoms with van der Waals surface area (Å²) in [6.07, 6.45) is 0.641. The van der Waals surface area contributed by atoms with Crippen LogP contribution in [0.4, 0.5) is 5.69 Å². The SMILES string of the molecule is CCC(CNc1ccc(C(C)(C)C)cc1)C(=O)O. The zero-order valence-electron chi connectivity index (χ0n) is 11.7. The molecule has 0 aliphatic heterocycles. The first-order chi connectivity index (χ1) is 8.34. The van der Waals surface area contributed by atoms with Crippen molar-refractivity contribution in [3.8, 4) is 0 Å². The van der Waals surface area contributed by atoms with Crippen LogP contribution < -0.4 is 5.32 Å². The van der Waals surface area contributed by atoms with E-state index in [1.165, 1.54) is 5.56 Å². The van der Waals surface area contributed by atoms with E-state index in [-0.39, 0.29) is 11.3 Å². The van der Waals surface area contributed by atoms with Crippen molar-refractivity contribution in [1.82, 2.24) is 0 Å². The van der Waals surface area contributed by atoms with E-state index in [0.29, 0.717) is 13.0 Å². The topological polar surface area (TPSA) is 49.3 Å². The van der Waals surface area contributed by atoms with Crippen molar-refractivity contribution in [2.75, 3.05) is 11.9 Å². The molecule has 0 saturated heterocycles. The average molecular weight is 249 g/mol. The van der Waals surface area contributed by atoms with E-state index in [1.54, 1.807) is 0 Å². The molecule has 0 aromatic heterocycles. The third-order valence-electron chi connectivity index (χ3n) is 3.15. The smallest absolute Gasteiger partial charge is 0.308 e. The summed E-state index contributed by atoms with van der Waals surface area (Å²) in [4.78, 5) is 10.9. The number of carboxylic acid groups (broad SMARTS) is 1. The Morgan fingerprint density at radius 3 is 2.22 bits per heavy atom. The summed E-state index contributed by atoms with van der Waals surface area (Å²) < 4.78 is 0. The Kier molecular flexibility index (Phi) is 4.76. The van der Waals surface area contributed by atoms with Crippen LogP contribution in [0.1, 0.15) is 39.7 Å². The lowest BCUT2D eigenvalue weighted by Gasteiger charge is -2.19. The maximum atomic E-state index is 10.9. The van der Waals surface area contributed by atoms with Crippen LogP contribution >= 0.6 is 0 Å². The number of carbonyl (C=O) groups is 1. The van der Waals surface area contributed by atoms with Crippen molar-refractivity contribution in [3.63, 3.8) is 0 Å². The van der Waals surface area contributed by atoms with Crippen LogP contribution in [0, 0.1) is 5.92 Å². The Labute approximate surface area is 109 Å². The second-order valence-electron chi connectivity index (χ2n) is 5.65. The highest BCUT2D eigenvalue weighted by Gasteiger charge is 2.15. The van der Waals surface area contributed by atoms with Gasteiger partial charge in [-0.1, -0.05) is 39.8 Å². The number of carboxylic acids is 1. The minimum Gasteiger partial charge on any atom is -0.481 e. The molecule has 0 amide bonds.